The molecule has 1 aliphatic rings. The van der Waals surface area contributed by atoms with Crippen molar-refractivity contribution in [1.82, 2.24) is 5.32 Å². The van der Waals surface area contributed by atoms with E-state index in [2.05, 4.69) is 25.7 Å². The van der Waals surface area contributed by atoms with Crippen LogP contribution in [-0.4, -0.2) is 12.6 Å². The van der Waals surface area contributed by atoms with Crippen molar-refractivity contribution >= 4 is 0 Å². The first-order valence-electron chi connectivity index (χ1n) is 4.63. The largest absolute Gasteiger partial charge is 0.314 e. The van der Waals surface area contributed by atoms with E-state index in [4.69, 9.17) is 0 Å². The summed E-state index contributed by atoms with van der Waals surface area (Å²) in [6.07, 6.45) is 4.56. The summed E-state index contributed by atoms with van der Waals surface area (Å²) < 4.78 is 0. The maximum atomic E-state index is 3.78. The van der Waals surface area contributed by atoms with Gasteiger partial charge in [-0.1, -0.05) is 19.9 Å². The van der Waals surface area contributed by atoms with Crippen LogP contribution in [0.15, 0.2) is 12.7 Å². The number of nitrogens with one attached hydrogen (secondary N) is 1. The molecule has 1 fully saturated rings. The molecule has 0 bridgehead atoms. The topological polar surface area (TPSA) is 12.0 Å². The molecule has 1 aliphatic carbocycles. The number of hydrogen-bond donors (Lipinski definition) is 1. The van der Waals surface area contributed by atoms with Gasteiger partial charge in [0.25, 0.3) is 0 Å². The van der Waals surface area contributed by atoms with E-state index in [1.54, 1.807) is 0 Å². The van der Waals surface area contributed by atoms with Crippen LogP contribution in [0.3, 0.4) is 0 Å². The Hall–Kier alpha value is -0.300. The first-order valence-corrected chi connectivity index (χ1v) is 4.63. The van der Waals surface area contributed by atoms with E-state index in [1.165, 1.54) is 6.42 Å². The lowest BCUT2D eigenvalue weighted by molar-refractivity contribution is 0.461. The molecule has 1 rings (SSSR count). The van der Waals surface area contributed by atoms with Crippen LogP contribution >= 0.6 is 0 Å². The molecule has 3 atom stereocenters. The summed E-state index contributed by atoms with van der Waals surface area (Å²) in [7, 11) is 0. The molecule has 0 amide bonds. The fourth-order valence-corrected chi connectivity index (χ4v) is 1.76. The van der Waals surface area contributed by atoms with Crippen LogP contribution in [0.25, 0.3) is 0 Å². The molecule has 0 saturated heterocycles. The van der Waals surface area contributed by atoms with Crippen molar-refractivity contribution in [1.29, 1.82) is 0 Å². The molecule has 11 heavy (non-hydrogen) atoms. The summed E-state index contributed by atoms with van der Waals surface area (Å²) in [6.45, 7) is 9.36. The molecule has 1 heteroatoms. The Balaban J connectivity index is 2.27. The molecule has 1 nitrogen and oxygen atoms in total. The summed E-state index contributed by atoms with van der Waals surface area (Å²) in [5.41, 5.74) is 0. The van der Waals surface area contributed by atoms with Gasteiger partial charge in [0.2, 0.25) is 0 Å². The molecule has 64 valence electrons. The quantitative estimate of drug-likeness (QED) is 0.597. The SMILES string of the molecule is C=CCC(NCC)C1CC1C. The van der Waals surface area contributed by atoms with Crippen LogP contribution in [-0.2, 0) is 0 Å². The molecule has 0 radical (unpaired) electrons. The van der Waals surface area contributed by atoms with E-state index in [1.807, 2.05) is 6.08 Å². The minimum atomic E-state index is 0.701. The van der Waals surface area contributed by atoms with E-state index >= 15 is 0 Å². The van der Waals surface area contributed by atoms with Gasteiger partial charge in [0.1, 0.15) is 0 Å². The van der Waals surface area contributed by atoms with Crippen LogP contribution in [0, 0.1) is 11.8 Å². The van der Waals surface area contributed by atoms with Crippen LogP contribution in [0.4, 0.5) is 0 Å². The highest BCUT2D eigenvalue weighted by Gasteiger charge is 2.38. The fraction of sp³-hybridized carbons (Fsp3) is 0.800. The molecule has 1 saturated carbocycles. The second-order valence-corrected chi connectivity index (χ2v) is 3.57. The summed E-state index contributed by atoms with van der Waals surface area (Å²) in [5, 5.41) is 3.50. The Kier molecular flexibility index (Phi) is 3.13. The van der Waals surface area contributed by atoms with Gasteiger partial charge in [-0.25, -0.2) is 0 Å². The van der Waals surface area contributed by atoms with Crippen molar-refractivity contribution in [3.63, 3.8) is 0 Å². The monoisotopic (exact) mass is 153 g/mol. The molecule has 0 spiro atoms. The van der Waals surface area contributed by atoms with Gasteiger partial charge in [0, 0.05) is 6.04 Å². The molecule has 3 unspecified atom stereocenters. The van der Waals surface area contributed by atoms with E-state index in [-0.39, 0.29) is 0 Å². The maximum absolute atomic E-state index is 3.78. The van der Waals surface area contributed by atoms with Crippen LogP contribution in [0.5, 0.6) is 0 Å². The second kappa shape index (κ2) is 3.91. The third-order valence-corrected chi connectivity index (χ3v) is 2.58. The zero-order chi connectivity index (χ0) is 8.27. The Bertz CT molecular complexity index is 131. The Morgan fingerprint density at radius 2 is 2.36 bits per heavy atom. The van der Waals surface area contributed by atoms with Crippen molar-refractivity contribution in [3.8, 4) is 0 Å². The first-order chi connectivity index (χ1) is 5.29. The van der Waals surface area contributed by atoms with E-state index < -0.39 is 0 Å². The Morgan fingerprint density at radius 3 is 2.73 bits per heavy atom. The normalized spacial score (nSPS) is 31.5. The van der Waals surface area contributed by atoms with Gasteiger partial charge >= 0.3 is 0 Å². The van der Waals surface area contributed by atoms with E-state index in [0.29, 0.717) is 6.04 Å². The van der Waals surface area contributed by atoms with Gasteiger partial charge in [-0.3, -0.25) is 0 Å². The summed E-state index contributed by atoms with van der Waals surface area (Å²) in [5.74, 6) is 1.87. The third kappa shape index (κ3) is 2.33. The first kappa shape index (κ1) is 8.79. The minimum Gasteiger partial charge on any atom is -0.314 e. The molecule has 0 heterocycles. The van der Waals surface area contributed by atoms with Gasteiger partial charge in [-0.05, 0) is 31.2 Å². The fourth-order valence-electron chi connectivity index (χ4n) is 1.76. The van der Waals surface area contributed by atoms with Crippen molar-refractivity contribution < 1.29 is 0 Å². The second-order valence-electron chi connectivity index (χ2n) is 3.57. The van der Waals surface area contributed by atoms with E-state index in [0.717, 1.165) is 24.8 Å². The number of rotatable bonds is 5. The van der Waals surface area contributed by atoms with Gasteiger partial charge in [-0.15, -0.1) is 6.58 Å². The summed E-state index contributed by atoms with van der Waals surface area (Å²) in [6, 6.07) is 0.701. The zero-order valence-electron chi connectivity index (χ0n) is 7.64. The van der Waals surface area contributed by atoms with Crippen molar-refractivity contribution in [2.45, 2.75) is 32.7 Å². The molecule has 0 aliphatic heterocycles. The summed E-state index contributed by atoms with van der Waals surface area (Å²) in [4.78, 5) is 0. The lowest BCUT2D eigenvalue weighted by Gasteiger charge is -2.14. The van der Waals surface area contributed by atoms with Gasteiger partial charge in [0.15, 0.2) is 0 Å². The Labute approximate surface area is 69.9 Å². The lowest BCUT2D eigenvalue weighted by Crippen LogP contribution is -2.30. The van der Waals surface area contributed by atoms with Crippen LogP contribution in [0.1, 0.15) is 26.7 Å². The molecule has 0 aromatic heterocycles. The molecular weight excluding hydrogens is 134 g/mol. The Morgan fingerprint density at radius 1 is 1.73 bits per heavy atom. The predicted molar refractivity (Wildman–Crippen MR) is 49.5 cm³/mol. The minimum absolute atomic E-state index is 0.701. The van der Waals surface area contributed by atoms with Crippen molar-refractivity contribution in [2.24, 2.45) is 11.8 Å². The van der Waals surface area contributed by atoms with Gasteiger partial charge < -0.3 is 5.32 Å². The highest BCUT2D eigenvalue weighted by Crippen LogP contribution is 2.41. The van der Waals surface area contributed by atoms with Crippen LogP contribution in [0.2, 0.25) is 0 Å². The standard InChI is InChI=1S/C10H19N/c1-4-6-10(11-5-2)9-7-8(9)3/h4,8-11H,1,5-7H2,2-3H3. The lowest BCUT2D eigenvalue weighted by atomic mass is 10.1. The van der Waals surface area contributed by atoms with Crippen molar-refractivity contribution in [2.75, 3.05) is 6.54 Å². The van der Waals surface area contributed by atoms with E-state index in [9.17, 15) is 0 Å². The molecule has 1 N–H and O–H groups in total. The smallest absolute Gasteiger partial charge is 0.0132 e. The predicted octanol–water partition coefficient (Wildman–Crippen LogP) is 2.20. The van der Waals surface area contributed by atoms with Gasteiger partial charge in [-0.2, -0.15) is 0 Å². The average molecular weight is 153 g/mol. The molecule has 0 aromatic rings. The average Bonchev–Trinajstić information content (AvgIpc) is 2.67. The summed E-state index contributed by atoms with van der Waals surface area (Å²) >= 11 is 0. The maximum Gasteiger partial charge on any atom is 0.0132 e. The highest BCUT2D eigenvalue weighted by molar-refractivity contribution is 4.94. The number of hydrogen-bond acceptors (Lipinski definition) is 1. The van der Waals surface area contributed by atoms with Gasteiger partial charge in [0.05, 0.1) is 0 Å². The molecular formula is C10H19N. The molecule has 0 aromatic carbocycles. The van der Waals surface area contributed by atoms with Crippen LogP contribution < -0.4 is 5.32 Å². The highest BCUT2D eigenvalue weighted by atomic mass is 14.9. The van der Waals surface area contributed by atoms with Crippen molar-refractivity contribution in [3.05, 3.63) is 12.7 Å². The zero-order valence-corrected chi connectivity index (χ0v) is 7.64. The third-order valence-electron chi connectivity index (χ3n) is 2.58.